The molecule has 8 heteroatoms. The predicted octanol–water partition coefficient (Wildman–Crippen LogP) is -0.597. The van der Waals surface area contributed by atoms with Gasteiger partial charge in [-0.1, -0.05) is 23.7 Å². The lowest BCUT2D eigenvalue weighted by atomic mass is 9.88. The van der Waals surface area contributed by atoms with Gasteiger partial charge >= 0.3 is 6.18 Å². The summed E-state index contributed by atoms with van der Waals surface area (Å²) in [4.78, 5) is 8.78. The van der Waals surface area contributed by atoms with Gasteiger partial charge in [-0.3, -0.25) is 0 Å². The number of carboxylic acid groups (broad SMARTS) is 1. The van der Waals surface area contributed by atoms with Crippen molar-refractivity contribution in [2.24, 2.45) is 0 Å². The minimum atomic E-state index is -5.19. The van der Waals surface area contributed by atoms with Gasteiger partial charge in [0.05, 0.1) is 0 Å². The van der Waals surface area contributed by atoms with E-state index in [1.165, 1.54) is 0 Å². The first-order valence-corrected chi connectivity index (χ1v) is 5.61. The van der Waals surface area contributed by atoms with Crippen LogP contribution in [0.15, 0.2) is 24.3 Å². The van der Waals surface area contributed by atoms with Crippen molar-refractivity contribution in [3.8, 4) is 0 Å². The van der Waals surface area contributed by atoms with E-state index in [2.05, 4.69) is 5.32 Å². The van der Waals surface area contributed by atoms with Crippen LogP contribution in [0.4, 0.5) is 13.2 Å². The molecule has 1 aromatic carbocycles. The topological polar surface area (TPSA) is 77.0 Å². The first-order valence-electron chi connectivity index (χ1n) is 5.23. The third-order valence-corrected chi connectivity index (χ3v) is 2.83. The Morgan fingerprint density at radius 2 is 1.74 bits per heavy atom. The second-order valence-corrected chi connectivity index (χ2v) is 4.46. The van der Waals surface area contributed by atoms with Gasteiger partial charge in [-0.05, 0) is 17.7 Å². The number of carbonyl (C=O) groups excluding carboxylic acids is 1. The summed E-state index contributed by atoms with van der Waals surface area (Å²) < 4.78 is 31.5. The monoisotopic (exact) mass is 297 g/mol. The lowest BCUT2D eigenvalue weighted by Crippen LogP contribution is -3.01. The van der Waals surface area contributed by atoms with E-state index in [9.17, 15) is 18.3 Å². The van der Waals surface area contributed by atoms with Crippen LogP contribution in [0.25, 0.3) is 0 Å². The zero-order valence-corrected chi connectivity index (χ0v) is 10.3. The zero-order chi connectivity index (χ0) is 14.7. The van der Waals surface area contributed by atoms with E-state index >= 15 is 0 Å². The normalized spacial score (nSPS) is 16.9. The number of carbonyl (C=O) groups is 1. The highest BCUT2D eigenvalue weighted by Crippen LogP contribution is 2.22. The summed E-state index contributed by atoms with van der Waals surface area (Å²) in [5.41, 5.74) is 0.360. The smallest absolute Gasteiger partial charge is 0.430 e. The molecule has 2 rings (SSSR count). The Morgan fingerprint density at radius 3 is 2.00 bits per heavy atom. The van der Waals surface area contributed by atoms with Crippen molar-refractivity contribution in [3.05, 3.63) is 34.9 Å². The molecule has 1 aromatic rings. The van der Waals surface area contributed by atoms with Crippen LogP contribution in [0.2, 0.25) is 5.02 Å². The maximum absolute atomic E-state index is 10.5. The highest BCUT2D eigenvalue weighted by Gasteiger charge is 2.40. The molecular formula is C11H11ClF3NO3. The van der Waals surface area contributed by atoms with Gasteiger partial charge in [-0.15, -0.1) is 0 Å². The molecule has 0 atom stereocenters. The molecular weight excluding hydrogens is 287 g/mol. The second-order valence-electron chi connectivity index (χ2n) is 4.02. The largest absolute Gasteiger partial charge is 0.542 e. The van der Waals surface area contributed by atoms with E-state index in [-0.39, 0.29) is 0 Å². The molecule has 0 saturated carbocycles. The molecule has 0 unspecified atom stereocenters. The van der Waals surface area contributed by atoms with Crippen LogP contribution in [0.1, 0.15) is 5.56 Å². The van der Waals surface area contributed by atoms with Gasteiger partial charge in [0.15, 0.2) is 5.60 Å². The number of rotatable bonds is 1. The summed E-state index contributed by atoms with van der Waals surface area (Å²) >= 11 is 5.73. The number of benzene rings is 1. The fraction of sp³-hybridized carbons (Fsp3) is 0.364. The standard InChI is InChI=1S/C9H10ClNO.C2HF3O2/c10-8-3-1-7(2-4-8)9(12)5-11-6-9;3-2(4,5)1(6)7/h1-4,11-12H,5-6H2;(H,6,7). The number of aliphatic hydroxyl groups is 1. The number of halogens is 4. The van der Waals surface area contributed by atoms with Crippen LogP contribution in [0.3, 0.4) is 0 Å². The van der Waals surface area contributed by atoms with Crippen molar-refractivity contribution in [2.75, 3.05) is 13.1 Å². The van der Waals surface area contributed by atoms with E-state index in [0.717, 1.165) is 18.7 Å². The lowest BCUT2D eigenvalue weighted by Gasteiger charge is -2.33. The molecule has 0 amide bonds. The van der Waals surface area contributed by atoms with Crippen molar-refractivity contribution in [2.45, 2.75) is 11.8 Å². The van der Waals surface area contributed by atoms with Crippen molar-refractivity contribution in [1.82, 2.24) is 0 Å². The van der Waals surface area contributed by atoms with Crippen LogP contribution in [-0.4, -0.2) is 30.3 Å². The molecule has 4 nitrogen and oxygen atoms in total. The maximum Gasteiger partial charge on any atom is 0.430 e. The van der Waals surface area contributed by atoms with Crippen molar-refractivity contribution in [3.63, 3.8) is 0 Å². The molecule has 1 aliphatic rings. The molecule has 1 aliphatic heterocycles. The molecule has 0 aromatic heterocycles. The van der Waals surface area contributed by atoms with Crippen LogP contribution < -0.4 is 10.4 Å². The molecule has 3 N–H and O–H groups in total. The SMILES string of the molecule is O=C([O-])C(F)(F)F.OC1(c2ccc(Cl)cc2)C[NH2+]C1. The second kappa shape index (κ2) is 5.77. The molecule has 19 heavy (non-hydrogen) atoms. The third kappa shape index (κ3) is 4.38. The Morgan fingerprint density at radius 1 is 1.32 bits per heavy atom. The third-order valence-electron chi connectivity index (χ3n) is 2.58. The predicted molar refractivity (Wildman–Crippen MR) is 58.1 cm³/mol. The molecule has 1 heterocycles. The van der Waals surface area contributed by atoms with Gasteiger partial charge in [0.25, 0.3) is 0 Å². The summed E-state index contributed by atoms with van der Waals surface area (Å²) in [5.74, 6) is -3.01. The minimum Gasteiger partial charge on any atom is -0.542 e. The van der Waals surface area contributed by atoms with Crippen LogP contribution >= 0.6 is 11.6 Å². The number of hydrogen-bond donors (Lipinski definition) is 2. The Labute approximate surface area is 111 Å². The Kier molecular flexibility index (Phi) is 4.78. The van der Waals surface area contributed by atoms with E-state index in [0.29, 0.717) is 5.02 Å². The fourth-order valence-corrected chi connectivity index (χ4v) is 1.54. The summed E-state index contributed by atoms with van der Waals surface area (Å²) in [6.07, 6.45) is -5.19. The van der Waals surface area contributed by atoms with E-state index < -0.39 is 17.7 Å². The lowest BCUT2D eigenvalue weighted by molar-refractivity contribution is -0.746. The summed E-state index contributed by atoms with van der Waals surface area (Å²) in [5, 5.41) is 21.5. The molecule has 0 aliphatic carbocycles. The van der Waals surface area contributed by atoms with Gasteiger partial charge in [-0.25, -0.2) is 0 Å². The Bertz CT molecular complexity index is 443. The molecule has 106 valence electrons. The highest BCUT2D eigenvalue weighted by atomic mass is 35.5. The van der Waals surface area contributed by atoms with Crippen molar-refractivity contribution in [1.29, 1.82) is 0 Å². The summed E-state index contributed by atoms with van der Waals surface area (Å²) in [7, 11) is 0. The quantitative estimate of drug-likeness (QED) is 0.727. The summed E-state index contributed by atoms with van der Waals surface area (Å²) in [6.45, 7) is 1.52. The Hall–Kier alpha value is -1.31. The van der Waals surface area contributed by atoms with Gasteiger partial charge in [0.1, 0.15) is 19.1 Å². The fourth-order valence-electron chi connectivity index (χ4n) is 1.41. The van der Waals surface area contributed by atoms with Crippen LogP contribution in [-0.2, 0) is 10.4 Å². The van der Waals surface area contributed by atoms with E-state index in [1.807, 2.05) is 24.3 Å². The molecule has 1 fully saturated rings. The Balaban J connectivity index is 0.000000224. The van der Waals surface area contributed by atoms with Crippen molar-refractivity contribution >= 4 is 17.6 Å². The van der Waals surface area contributed by atoms with Crippen LogP contribution in [0, 0.1) is 0 Å². The summed E-state index contributed by atoms with van der Waals surface area (Å²) in [6, 6.07) is 7.39. The number of aliphatic carboxylic acids is 1. The van der Waals surface area contributed by atoms with E-state index in [1.54, 1.807) is 0 Å². The highest BCUT2D eigenvalue weighted by molar-refractivity contribution is 6.30. The van der Waals surface area contributed by atoms with E-state index in [4.69, 9.17) is 21.5 Å². The molecule has 1 saturated heterocycles. The minimum absolute atomic E-state index is 0.607. The van der Waals surface area contributed by atoms with Gasteiger partial charge in [0.2, 0.25) is 0 Å². The first kappa shape index (κ1) is 15.7. The first-order chi connectivity index (χ1) is 8.65. The number of hydrogen-bond acceptors (Lipinski definition) is 3. The van der Waals surface area contributed by atoms with Gasteiger partial charge < -0.3 is 20.3 Å². The number of nitrogens with two attached hydrogens (primary N) is 1. The average molecular weight is 298 g/mol. The van der Waals surface area contributed by atoms with Crippen molar-refractivity contribution < 1.29 is 33.5 Å². The zero-order valence-electron chi connectivity index (χ0n) is 9.58. The van der Waals surface area contributed by atoms with Gasteiger partial charge in [-0.2, -0.15) is 13.2 Å². The molecule has 0 bridgehead atoms. The van der Waals surface area contributed by atoms with Crippen LogP contribution in [0.5, 0.6) is 0 Å². The molecule has 0 spiro atoms. The maximum atomic E-state index is 10.5. The molecule has 0 radical (unpaired) electrons. The van der Waals surface area contributed by atoms with Gasteiger partial charge in [0, 0.05) is 5.02 Å². The number of alkyl halides is 3. The average Bonchev–Trinajstić information content (AvgIpc) is 2.26. The number of carboxylic acids is 1. The number of quaternary nitrogens is 1.